The molecule has 0 spiro atoms. The highest BCUT2D eigenvalue weighted by Gasteiger charge is 2.06. The van der Waals surface area contributed by atoms with Gasteiger partial charge in [-0.2, -0.15) is 0 Å². The van der Waals surface area contributed by atoms with Crippen LogP contribution in [0.5, 0.6) is 0 Å². The second kappa shape index (κ2) is 7.51. The monoisotopic (exact) mass is 349 g/mol. The Morgan fingerprint density at radius 3 is 1.81 bits per heavy atom. The molecule has 4 aromatic carbocycles. The van der Waals surface area contributed by atoms with Crippen LogP contribution in [0.4, 0.5) is 11.4 Å². The lowest BCUT2D eigenvalue weighted by Crippen LogP contribution is -1.93. The van der Waals surface area contributed by atoms with Crippen molar-refractivity contribution in [2.75, 3.05) is 5.32 Å². The first kappa shape index (κ1) is 17.1. The molecule has 0 radical (unpaired) electrons. The van der Waals surface area contributed by atoms with E-state index in [1.165, 1.54) is 33.4 Å². The molecule has 0 saturated heterocycles. The molecule has 0 fully saturated rings. The van der Waals surface area contributed by atoms with Crippen molar-refractivity contribution in [1.29, 1.82) is 0 Å². The molecule has 0 unspecified atom stereocenters. The number of hydrogen-bond donors (Lipinski definition) is 1. The highest BCUT2D eigenvalue weighted by molar-refractivity contribution is 5.76. The van der Waals surface area contributed by atoms with Gasteiger partial charge in [0.1, 0.15) is 0 Å². The first-order chi connectivity index (χ1) is 13.2. The Balaban J connectivity index is 1.60. The van der Waals surface area contributed by atoms with E-state index in [1.807, 2.05) is 6.07 Å². The fourth-order valence-electron chi connectivity index (χ4n) is 3.41. The molecule has 0 bridgehead atoms. The minimum Gasteiger partial charge on any atom is -0.356 e. The number of benzene rings is 4. The van der Waals surface area contributed by atoms with Crippen molar-refractivity contribution in [3.63, 3.8) is 0 Å². The summed E-state index contributed by atoms with van der Waals surface area (Å²) < 4.78 is 0. The standard InChI is InChI=1S/C26H23N/c1-19-8-6-7-11-25(19)26-18-24(15-12-20(26)2)27-23-16-13-22(14-17-23)21-9-4-3-5-10-21/h3-18,27H,1-2H3. The van der Waals surface area contributed by atoms with Crippen LogP contribution in [0.25, 0.3) is 22.3 Å². The average molecular weight is 349 g/mol. The molecular formula is C26H23N. The minimum absolute atomic E-state index is 1.09. The van der Waals surface area contributed by atoms with E-state index in [9.17, 15) is 0 Å². The van der Waals surface area contributed by atoms with Gasteiger partial charge in [-0.15, -0.1) is 0 Å². The molecule has 0 saturated carbocycles. The molecule has 0 atom stereocenters. The molecule has 1 N–H and O–H groups in total. The maximum absolute atomic E-state index is 3.54. The summed E-state index contributed by atoms with van der Waals surface area (Å²) in [4.78, 5) is 0. The molecule has 0 aliphatic carbocycles. The Bertz CT molecular complexity index is 1050. The molecule has 0 heterocycles. The van der Waals surface area contributed by atoms with Gasteiger partial charge in [0.15, 0.2) is 0 Å². The van der Waals surface area contributed by atoms with E-state index in [0.29, 0.717) is 0 Å². The second-order valence-electron chi connectivity index (χ2n) is 6.91. The first-order valence-electron chi connectivity index (χ1n) is 9.30. The van der Waals surface area contributed by atoms with Crippen molar-refractivity contribution >= 4 is 11.4 Å². The van der Waals surface area contributed by atoms with Gasteiger partial charge < -0.3 is 5.32 Å². The summed E-state index contributed by atoms with van der Waals surface area (Å²) in [5.74, 6) is 0. The van der Waals surface area contributed by atoms with Crippen LogP contribution >= 0.6 is 0 Å². The molecule has 132 valence electrons. The van der Waals surface area contributed by atoms with Gasteiger partial charge in [0, 0.05) is 11.4 Å². The van der Waals surface area contributed by atoms with Crippen molar-refractivity contribution in [1.82, 2.24) is 0 Å². The second-order valence-corrected chi connectivity index (χ2v) is 6.91. The zero-order valence-electron chi connectivity index (χ0n) is 15.7. The Hall–Kier alpha value is -3.32. The third-order valence-electron chi connectivity index (χ3n) is 4.95. The summed E-state index contributed by atoms with van der Waals surface area (Å²) in [7, 11) is 0. The Kier molecular flexibility index (Phi) is 4.76. The van der Waals surface area contributed by atoms with Gasteiger partial charge >= 0.3 is 0 Å². The molecule has 27 heavy (non-hydrogen) atoms. The SMILES string of the molecule is Cc1ccccc1-c1cc(Nc2ccc(-c3ccccc3)cc2)ccc1C. The van der Waals surface area contributed by atoms with Crippen molar-refractivity contribution in [3.05, 3.63) is 108 Å². The molecule has 4 aromatic rings. The van der Waals surface area contributed by atoms with Crippen LogP contribution in [0.1, 0.15) is 11.1 Å². The Labute approximate surface area is 161 Å². The zero-order valence-corrected chi connectivity index (χ0v) is 15.7. The fourth-order valence-corrected chi connectivity index (χ4v) is 3.41. The maximum atomic E-state index is 3.54. The van der Waals surface area contributed by atoms with Gasteiger partial charge in [-0.3, -0.25) is 0 Å². The predicted molar refractivity (Wildman–Crippen MR) is 117 cm³/mol. The number of nitrogens with one attached hydrogen (secondary N) is 1. The van der Waals surface area contributed by atoms with Crippen LogP contribution in [0.3, 0.4) is 0 Å². The van der Waals surface area contributed by atoms with E-state index in [-0.39, 0.29) is 0 Å². The highest BCUT2D eigenvalue weighted by Crippen LogP contribution is 2.30. The first-order valence-corrected chi connectivity index (χ1v) is 9.30. The summed E-state index contributed by atoms with van der Waals surface area (Å²) in [6, 6.07) is 34.2. The van der Waals surface area contributed by atoms with Crippen molar-refractivity contribution in [2.45, 2.75) is 13.8 Å². The molecule has 0 amide bonds. The maximum Gasteiger partial charge on any atom is 0.0390 e. The van der Waals surface area contributed by atoms with Gasteiger partial charge in [-0.05, 0) is 71.5 Å². The lowest BCUT2D eigenvalue weighted by Gasteiger charge is -2.13. The van der Waals surface area contributed by atoms with Crippen molar-refractivity contribution < 1.29 is 0 Å². The minimum atomic E-state index is 1.09. The van der Waals surface area contributed by atoms with E-state index < -0.39 is 0 Å². The quantitative estimate of drug-likeness (QED) is 0.405. The summed E-state index contributed by atoms with van der Waals surface area (Å²) >= 11 is 0. The van der Waals surface area contributed by atoms with Crippen LogP contribution in [0, 0.1) is 13.8 Å². The van der Waals surface area contributed by atoms with Gasteiger partial charge in [-0.25, -0.2) is 0 Å². The lowest BCUT2D eigenvalue weighted by molar-refractivity contribution is 1.40. The molecule has 0 aliphatic rings. The van der Waals surface area contributed by atoms with Crippen molar-refractivity contribution in [2.24, 2.45) is 0 Å². The van der Waals surface area contributed by atoms with E-state index in [0.717, 1.165) is 11.4 Å². The van der Waals surface area contributed by atoms with E-state index in [1.54, 1.807) is 0 Å². The topological polar surface area (TPSA) is 12.0 Å². The Morgan fingerprint density at radius 2 is 1.07 bits per heavy atom. The molecule has 1 nitrogen and oxygen atoms in total. The smallest absolute Gasteiger partial charge is 0.0390 e. The summed E-state index contributed by atoms with van der Waals surface area (Å²) in [6.07, 6.45) is 0. The number of hydrogen-bond acceptors (Lipinski definition) is 1. The number of aryl methyl sites for hydroxylation is 2. The molecule has 0 aliphatic heterocycles. The van der Waals surface area contributed by atoms with Crippen LogP contribution < -0.4 is 5.32 Å². The normalized spacial score (nSPS) is 10.6. The summed E-state index contributed by atoms with van der Waals surface area (Å²) in [5, 5.41) is 3.54. The van der Waals surface area contributed by atoms with Gasteiger partial charge in [-0.1, -0.05) is 72.8 Å². The van der Waals surface area contributed by atoms with E-state index >= 15 is 0 Å². The highest BCUT2D eigenvalue weighted by atomic mass is 14.9. The van der Waals surface area contributed by atoms with Gasteiger partial charge in [0.2, 0.25) is 0 Å². The third kappa shape index (κ3) is 3.78. The molecule has 4 rings (SSSR count). The fraction of sp³-hybridized carbons (Fsp3) is 0.0769. The lowest BCUT2D eigenvalue weighted by atomic mass is 9.96. The summed E-state index contributed by atoms with van der Waals surface area (Å²) in [6.45, 7) is 4.33. The van der Waals surface area contributed by atoms with E-state index in [2.05, 4.69) is 110 Å². The van der Waals surface area contributed by atoms with Crippen molar-refractivity contribution in [3.8, 4) is 22.3 Å². The van der Waals surface area contributed by atoms with Crippen LogP contribution in [0.15, 0.2) is 97.1 Å². The van der Waals surface area contributed by atoms with Crippen LogP contribution in [-0.2, 0) is 0 Å². The average Bonchev–Trinajstić information content (AvgIpc) is 2.71. The largest absolute Gasteiger partial charge is 0.356 e. The van der Waals surface area contributed by atoms with E-state index in [4.69, 9.17) is 0 Å². The molecule has 0 aromatic heterocycles. The molecule has 1 heteroatoms. The third-order valence-corrected chi connectivity index (χ3v) is 4.95. The Morgan fingerprint density at radius 1 is 0.481 bits per heavy atom. The predicted octanol–water partition coefficient (Wildman–Crippen LogP) is 7.38. The van der Waals surface area contributed by atoms with Gasteiger partial charge in [0.05, 0.1) is 0 Å². The molecular weight excluding hydrogens is 326 g/mol. The van der Waals surface area contributed by atoms with Crippen LogP contribution in [-0.4, -0.2) is 0 Å². The van der Waals surface area contributed by atoms with Gasteiger partial charge in [0.25, 0.3) is 0 Å². The summed E-state index contributed by atoms with van der Waals surface area (Å²) in [5.41, 5.74) is 9.81. The van der Waals surface area contributed by atoms with Crippen LogP contribution in [0.2, 0.25) is 0 Å². The number of anilines is 2. The zero-order chi connectivity index (χ0) is 18.6. The number of rotatable bonds is 4.